The molecule has 0 aromatic heterocycles. The predicted molar refractivity (Wildman–Crippen MR) is 177 cm³/mol. The second-order valence-electron chi connectivity index (χ2n) is 10.9. The zero-order valence-electron chi connectivity index (χ0n) is 26.0. The summed E-state index contributed by atoms with van der Waals surface area (Å²) in [4.78, 5) is 24.6. The van der Waals surface area contributed by atoms with Crippen LogP contribution in [0.2, 0.25) is 0 Å². The van der Waals surface area contributed by atoms with E-state index >= 15 is 0 Å². The van der Waals surface area contributed by atoms with Gasteiger partial charge in [0, 0.05) is 43.7 Å². The summed E-state index contributed by atoms with van der Waals surface area (Å²) in [7, 11) is -3.53. The van der Waals surface area contributed by atoms with Crippen LogP contribution in [-0.2, 0) is 32.7 Å². The molecule has 1 atom stereocenters. The van der Waals surface area contributed by atoms with E-state index in [2.05, 4.69) is 26.7 Å². The quantitative estimate of drug-likeness (QED) is 0.189. The molecule has 46 heavy (non-hydrogen) atoms. The first-order valence-corrected chi connectivity index (χ1v) is 16.9. The van der Waals surface area contributed by atoms with Gasteiger partial charge in [-0.3, -0.25) is 9.59 Å². The van der Waals surface area contributed by atoms with E-state index in [9.17, 15) is 18.0 Å². The lowest BCUT2D eigenvalue weighted by atomic mass is 9.95. The Hall–Kier alpha value is -4.90. The van der Waals surface area contributed by atoms with E-state index in [-0.39, 0.29) is 31.2 Å². The Morgan fingerprint density at radius 2 is 1.61 bits per heavy atom. The van der Waals surface area contributed by atoms with Crippen molar-refractivity contribution in [1.29, 1.82) is 0 Å². The van der Waals surface area contributed by atoms with Gasteiger partial charge in [0.1, 0.15) is 17.2 Å². The number of rotatable bonds is 16. The van der Waals surface area contributed by atoms with Crippen molar-refractivity contribution in [2.75, 3.05) is 19.4 Å². The zero-order valence-corrected chi connectivity index (χ0v) is 26.8. The molecule has 1 unspecified atom stereocenters. The van der Waals surface area contributed by atoms with Gasteiger partial charge >= 0.3 is 5.97 Å². The number of carbonyl (C=O) groups is 2. The molecule has 0 heterocycles. The van der Waals surface area contributed by atoms with Crippen LogP contribution in [0.3, 0.4) is 0 Å². The third-order valence-corrected chi connectivity index (χ3v) is 7.63. The van der Waals surface area contributed by atoms with Crippen LogP contribution in [0.4, 0.5) is 0 Å². The summed E-state index contributed by atoms with van der Waals surface area (Å²) in [6.07, 6.45) is 7.33. The SMILES string of the molecule is CC1C(N(Cc2ccccc2)Cc2ccc(Oc3cccc(OCCCC(=O)NCCC(=O)O)c3)cc2)=CC=C/C1=N\S(C)(=O)=O. The third kappa shape index (κ3) is 11.2. The molecule has 0 bridgehead atoms. The average molecular weight is 646 g/mol. The molecule has 1 aliphatic rings. The van der Waals surface area contributed by atoms with Crippen LogP contribution in [-0.4, -0.2) is 55.4 Å². The number of nitrogens with one attached hydrogen (secondary N) is 1. The van der Waals surface area contributed by atoms with Crippen LogP contribution in [0.1, 0.15) is 37.3 Å². The number of carboxylic acids is 1. The van der Waals surface area contributed by atoms with Gasteiger partial charge in [-0.25, -0.2) is 8.42 Å². The highest BCUT2D eigenvalue weighted by Gasteiger charge is 2.23. The first kappa shape index (κ1) is 34.0. The number of carbonyl (C=O) groups excluding carboxylic acids is 1. The molecular formula is C35H39N3O7S. The maximum Gasteiger partial charge on any atom is 0.305 e. The minimum Gasteiger partial charge on any atom is -0.493 e. The van der Waals surface area contributed by atoms with Gasteiger partial charge in [-0.05, 0) is 54.0 Å². The van der Waals surface area contributed by atoms with Crippen molar-refractivity contribution in [3.8, 4) is 17.2 Å². The summed E-state index contributed by atoms with van der Waals surface area (Å²) in [6.45, 7) is 3.63. The summed E-state index contributed by atoms with van der Waals surface area (Å²) < 4.78 is 39.7. The summed E-state index contributed by atoms with van der Waals surface area (Å²) in [5, 5.41) is 11.2. The van der Waals surface area contributed by atoms with Crippen LogP contribution >= 0.6 is 0 Å². The number of allylic oxidation sites excluding steroid dienone is 4. The van der Waals surface area contributed by atoms with E-state index < -0.39 is 16.0 Å². The van der Waals surface area contributed by atoms with E-state index in [0.717, 1.165) is 23.1 Å². The van der Waals surface area contributed by atoms with E-state index in [4.69, 9.17) is 14.6 Å². The number of ether oxygens (including phenoxy) is 2. The normalized spacial score (nSPS) is 15.2. The van der Waals surface area contributed by atoms with Crippen LogP contribution in [0.5, 0.6) is 17.2 Å². The smallest absolute Gasteiger partial charge is 0.305 e. The molecule has 0 fully saturated rings. The van der Waals surface area contributed by atoms with Gasteiger partial charge in [0.2, 0.25) is 15.9 Å². The lowest BCUT2D eigenvalue weighted by Crippen LogP contribution is -2.30. The Morgan fingerprint density at radius 3 is 2.30 bits per heavy atom. The number of hydrogen-bond acceptors (Lipinski definition) is 7. The Bertz CT molecular complexity index is 1680. The number of benzene rings is 3. The molecule has 3 aromatic rings. The fraction of sp³-hybridized carbons (Fsp3) is 0.286. The van der Waals surface area contributed by atoms with Gasteiger partial charge < -0.3 is 24.8 Å². The first-order chi connectivity index (χ1) is 22.1. The molecule has 0 aliphatic heterocycles. The van der Waals surface area contributed by atoms with Gasteiger partial charge in [-0.15, -0.1) is 0 Å². The maximum absolute atomic E-state index is 11.9. The number of carboxylic acid groups (broad SMARTS) is 1. The fourth-order valence-electron chi connectivity index (χ4n) is 4.87. The number of sulfonamides is 1. The number of nitrogens with zero attached hydrogens (tertiary/aromatic N) is 2. The fourth-order valence-corrected chi connectivity index (χ4v) is 5.48. The molecular weight excluding hydrogens is 606 g/mol. The minimum absolute atomic E-state index is 0.106. The van der Waals surface area contributed by atoms with Crippen molar-refractivity contribution in [2.24, 2.45) is 10.3 Å². The van der Waals surface area contributed by atoms with E-state index in [0.29, 0.717) is 49.1 Å². The maximum atomic E-state index is 11.9. The van der Waals surface area contributed by atoms with Crippen molar-refractivity contribution in [3.63, 3.8) is 0 Å². The summed E-state index contributed by atoms with van der Waals surface area (Å²) in [6, 6.07) is 25.2. The van der Waals surface area contributed by atoms with Gasteiger partial charge in [-0.1, -0.05) is 61.5 Å². The van der Waals surface area contributed by atoms with E-state index in [1.165, 1.54) is 0 Å². The molecule has 2 N–H and O–H groups in total. The zero-order chi connectivity index (χ0) is 32.9. The highest BCUT2D eigenvalue weighted by Crippen LogP contribution is 2.29. The second-order valence-corrected chi connectivity index (χ2v) is 12.6. The molecule has 0 saturated heterocycles. The van der Waals surface area contributed by atoms with E-state index in [1.807, 2.05) is 79.7 Å². The van der Waals surface area contributed by atoms with Crippen LogP contribution in [0.15, 0.2) is 107 Å². The number of aliphatic carboxylic acids is 1. The molecule has 0 radical (unpaired) electrons. The van der Waals surface area contributed by atoms with Gasteiger partial charge in [0.25, 0.3) is 0 Å². The Balaban J connectivity index is 1.37. The lowest BCUT2D eigenvalue weighted by Gasteiger charge is -2.33. The van der Waals surface area contributed by atoms with Crippen molar-refractivity contribution >= 4 is 27.6 Å². The minimum atomic E-state index is -3.53. The van der Waals surface area contributed by atoms with Gasteiger partial charge in [0.05, 0.1) is 25.0 Å². The highest BCUT2D eigenvalue weighted by molar-refractivity contribution is 7.89. The van der Waals surface area contributed by atoms with Crippen LogP contribution in [0.25, 0.3) is 0 Å². The summed E-state index contributed by atoms with van der Waals surface area (Å²) >= 11 is 0. The predicted octanol–water partition coefficient (Wildman–Crippen LogP) is 5.72. The highest BCUT2D eigenvalue weighted by atomic mass is 32.2. The van der Waals surface area contributed by atoms with Crippen molar-refractivity contribution in [1.82, 2.24) is 10.2 Å². The summed E-state index contributed by atoms with van der Waals surface area (Å²) in [5.41, 5.74) is 3.67. The molecule has 242 valence electrons. The van der Waals surface area contributed by atoms with Crippen molar-refractivity contribution < 1.29 is 32.6 Å². The third-order valence-electron chi connectivity index (χ3n) is 7.09. The number of hydrogen-bond donors (Lipinski definition) is 2. The molecule has 10 nitrogen and oxygen atoms in total. The first-order valence-electron chi connectivity index (χ1n) is 15.0. The van der Waals surface area contributed by atoms with Crippen molar-refractivity contribution in [2.45, 2.75) is 39.3 Å². The standard InChI is InChI=1S/C35H39N3O7S/c1-26-32(37-46(2,42)43)13-7-14-33(26)38(24-27-9-4-3-5-10-27)25-28-16-18-29(19-17-28)45-31-12-6-11-30(23-31)44-22-8-15-34(39)36-21-20-35(40)41/h3-7,9-14,16-19,23,26H,8,15,20-22,24-25H2,1-2H3,(H,36,39)(H,40,41)/b37-32+. The largest absolute Gasteiger partial charge is 0.493 e. The molecule has 0 saturated carbocycles. The van der Waals surface area contributed by atoms with Crippen LogP contribution < -0.4 is 14.8 Å². The number of amides is 1. The topological polar surface area (TPSA) is 135 Å². The molecule has 4 rings (SSSR count). The lowest BCUT2D eigenvalue weighted by molar-refractivity contribution is -0.136. The monoisotopic (exact) mass is 645 g/mol. The Labute approximate surface area is 270 Å². The van der Waals surface area contributed by atoms with Gasteiger partial charge in [-0.2, -0.15) is 4.40 Å². The molecule has 11 heteroatoms. The second kappa shape index (κ2) is 16.4. The Morgan fingerprint density at radius 1 is 0.913 bits per heavy atom. The molecule has 1 aliphatic carbocycles. The summed E-state index contributed by atoms with van der Waals surface area (Å²) in [5.74, 6) is 0.506. The average Bonchev–Trinajstić information content (AvgIpc) is 3.01. The molecule has 0 spiro atoms. The van der Waals surface area contributed by atoms with Gasteiger partial charge in [0.15, 0.2) is 0 Å². The van der Waals surface area contributed by atoms with Crippen LogP contribution in [0, 0.1) is 5.92 Å². The van der Waals surface area contributed by atoms with Crippen molar-refractivity contribution in [3.05, 3.63) is 114 Å². The van der Waals surface area contributed by atoms with E-state index in [1.54, 1.807) is 12.1 Å². The Kier molecular flexibility index (Phi) is 12.1. The molecule has 3 aromatic carbocycles. The molecule has 1 amide bonds.